The Morgan fingerprint density at radius 1 is 1.10 bits per heavy atom. The molecule has 1 fully saturated rings. The van der Waals surface area contributed by atoms with Crippen LogP contribution in [0, 0.1) is 0 Å². The summed E-state index contributed by atoms with van der Waals surface area (Å²) in [6.07, 6.45) is 0.762. The summed E-state index contributed by atoms with van der Waals surface area (Å²) < 4.78 is 10.1. The van der Waals surface area contributed by atoms with Crippen molar-refractivity contribution < 1.29 is 4.74 Å². The smallest absolute Gasteiger partial charge is 0.333 e. The average molecular weight is 418 g/mol. The predicted molar refractivity (Wildman–Crippen MR) is 113 cm³/mol. The molecule has 0 radical (unpaired) electrons. The zero-order valence-electron chi connectivity index (χ0n) is 16.6. The Morgan fingerprint density at radius 3 is 2.45 bits per heavy atom. The number of benzene rings is 1. The molecule has 154 valence electrons. The van der Waals surface area contributed by atoms with Crippen LogP contribution in [0.1, 0.15) is 18.9 Å². The number of hydrogen-bond donors (Lipinski definition) is 0. The third-order valence-electron chi connectivity index (χ3n) is 5.21. The van der Waals surface area contributed by atoms with E-state index in [1.54, 1.807) is 21.3 Å². The van der Waals surface area contributed by atoms with E-state index in [2.05, 4.69) is 4.90 Å². The minimum Gasteiger partial charge on any atom is -0.378 e. The maximum atomic E-state index is 13.3. The van der Waals surface area contributed by atoms with Crippen molar-refractivity contribution in [1.29, 1.82) is 0 Å². The number of rotatable bonds is 5. The number of aromatic nitrogens is 4. The van der Waals surface area contributed by atoms with Gasteiger partial charge in [0.15, 0.2) is 11.2 Å². The molecular weight excluding hydrogens is 394 g/mol. The van der Waals surface area contributed by atoms with Gasteiger partial charge in [-0.2, -0.15) is 4.98 Å². The molecule has 29 heavy (non-hydrogen) atoms. The maximum Gasteiger partial charge on any atom is 0.333 e. The molecule has 9 heteroatoms. The summed E-state index contributed by atoms with van der Waals surface area (Å²) in [5, 5.41) is 0.613. The highest BCUT2D eigenvalue weighted by Gasteiger charge is 2.23. The molecule has 0 saturated carbocycles. The second-order valence-electron chi connectivity index (χ2n) is 7.19. The Balaban J connectivity index is 1.90. The van der Waals surface area contributed by atoms with Crippen LogP contribution >= 0.6 is 11.6 Å². The molecule has 0 bridgehead atoms. The molecule has 1 aliphatic heterocycles. The number of fused-ring (bicyclic) bond motifs is 1. The van der Waals surface area contributed by atoms with Crippen LogP contribution in [0.2, 0.25) is 5.02 Å². The lowest BCUT2D eigenvalue weighted by molar-refractivity contribution is 0.122. The third-order valence-corrected chi connectivity index (χ3v) is 5.47. The van der Waals surface area contributed by atoms with Gasteiger partial charge in [0.2, 0.25) is 5.95 Å². The molecule has 1 aliphatic rings. The van der Waals surface area contributed by atoms with Gasteiger partial charge in [0, 0.05) is 31.7 Å². The van der Waals surface area contributed by atoms with E-state index in [4.69, 9.17) is 21.3 Å². The first kappa shape index (κ1) is 19.7. The highest BCUT2D eigenvalue weighted by Crippen LogP contribution is 2.19. The summed E-state index contributed by atoms with van der Waals surface area (Å²) >= 11 is 5.96. The molecule has 1 aromatic carbocycles. The first-order valence-corrected chi connectivity index (χ1v) is 10.2. The van der Waals surface area contributed by atoms with E-state index in [9.17, 15) is 9.59 Å². The van der Waals surface area contributed by atoms with Crippen LogP contribution in [0.15, 0.2) is 33.9 Å². The number of imidazole rings is 1. The average Bonchev–Trinajstić information content (AvgIpc) is 3.08. The van der Waals surface area contributed by atoms with E-state index in [1.807, 2.05) is 26.1 Å². The Labute approximate surface area is 172 Å². The van der Waals surface area contributed by atoms with Crippen molar-refractivity contribution in [2.75, 3.05) is 31.2 Å². The van der Waals surface area contributed by atoms with Gasteiger partial charge < -0.3 is 14.2 Å². The molecule has 8 nitrogen and oxygen atoms in total. The van der Waals surface area contributed by atoms with Gasteiger partial charge in [-0.3, -0.25) is 13.9 Å². The molecule has 2 aromatic heterocycles. The Kier molecular flexibility index (Phi) is 5.47. The fourth-order valence-corrected chi connectivity index (χ4v) is 3.86. The summed E-state index contributed by atoms with van der Waals surface area (Å²) in [5.41, 5.74) is 1.05. The minimum absolute atomic E-state index is 0.187. The van der Waals surface area contributed by atoms with Crippen molar-refractivity contribution in [3.05, 3.63) is 55.7 Å². The Hall–Kier alpha value is -2.58. The van der Waals surface area contributed by atoms with Crippen molar-refractivity contribution in [1.82, 2.24) is 18.7 Å². The van der Waals surface area contributed by atoms with E-state index in [0.29, 0.717) is 55.0 Å². The van der Waals surface area contributed by atoms with Crippen LogP contribution in [-0.2, 0) is 24.9 Å². The number of aryl methyl sites for hydroxylation is 2. The van der Waals surface area contributed by atoms with Crippen LogP contribution in [0.25, 0.3) is 11.2 Å². The van der Waals surface area contributed by atoms with Crippen molar-refractivity contribution >= 4 is 28.7 Å². The normalized spacial score (nSPS) is 14.7. The number of anilines is 1. The lowest BCUT2D eigenvalue weighted by Gasteiger charge is -2.27. The molecule has 3 aromatic rings. The molecule has 3 heterocycles. The molecule has 0 spiro atoms. The van der Waals surface area contributed by atoms with Crippen molar-refractivity contribution in [2.24, 2.45) is 7.05 Å². The fraction of sp³-hybridized carbons (Fsp3) is 0.450. The summed E-state index contributed by atoms with van der Waals surface area (Å²) in [4.78, 5) is 33.3. The number of nitrogens with zero attached hydrogens (tertiary/aromatic N) is 5. The summed E-state index contributed by atoms with van der Waals surface area (Å²) in [5.74, 6) is 0.689. The van der Waals surface area contributed by atoms with E-state index in [0.717, 1.165) is 12.0 Å². The number of morpholine rings is 1. The monoisotopic (exact) mass is 417 g/mol. The summed E-state index contributed by atoms with van der Waals surface area (Å²) in [6.45, 7) is 5.32. The number of ether oxygens (including phenoxy) is 1. The Morgan fingerprint density at radius 2 is 1.79 bits per heavy atom. The fourth-order valence-electron chi connectivity index (χ4n) is 3.73. The summed E-state index contributed by atoms with van der Waals surface area (Å²) in [7, 11) is 1.83. The van der Waals surface area contributed by atoms with Crippen LogP contribution in [0.3, 0.4) is 0 Å². The third kappa shape index (κ3) is 3.58. The van der Waals surface area contributed by atoms with E-state index in [1.165, 1.54) is 4.57 Å². The lowest BCUT2D eigenvalue weighted by atomic mass is 10.2. The zero-order valence-corrected chi connectivity index (χ0v) is 17.4. The molecular formula is C20H24ClN5O3. The van der Waals surface area contributed by atoms with Gasteiger partial charge in [0.05, 0.1) is 19.8 Å². The van der Waals surface area contributed by atoms with Crippen LogP contribution < -0.4 is 16.1 Å². The molecule has 0 atom stereocenters. The lowest BCUT2D eigenvalue weighted by Crippen LogP contribution is -2.41. The molecule has 4 rings (SSSR count). The predicted octanol–water partition coefficient (Wildman–Crippen LogP) is 1.84. The van der Waals surface area contributed by atoms with Gasteiger partial charge in [0.25, 0.3) is 5.56 Å². The van der Waals surface area contributed by atoms with E-state index in [-0.39, 0.29) is 17.8 Å². The van der Waals surface area contributed by atoms with Gasteiger partial charge >= 0.3 is 5.69 Å². The second-order valence-corrected chi connectivity index (χ2v) is 7.63. The topological polar surface area (TPSA) is 74.3 Å². The Bertz CT molecular complexity index is 1140. The first-order chi connectivity index (χ1) is 14.0. The largest absolute Gasteiger partial charge is 0.378 e. The standard InChI is InChI=1S/C20H24ClN5O3/c1-3-8-25-17-16(23(2)19(22-17)24-9-11-29-12-10-24)18(27)26(20(25)28)13-14-4-6-15(21)7-5-14/h4-7H,3,8-13H2,1-2H3. The quantitative estimate of drug-likeness (QED) is 0.633. The highest BCUT2D eigenvalue weighted by molar-refractivity contribution is 6.30. The SMILES string of the molecule is CCCn1c(=O)n(Cc2ccc(Cl)cc2)c(=O)c2c1nc(N1CCOCC1)n2C. The van der Waals surface area contributed by atoms with Crippen LogP contribution in [0.5, 0.6) is 0 Å². The minimum atomic E-state index is -0.342. The van der Waals surface area contributed by atoms with Crippen molar-refractivity contribution in [3.63, 3.8) is 0 Å². The molecule has 0 unspecified atom stereocenters. The van der Waals surface area contributed by atoms with Gasteiger partial charge in [-0.05, 0) is 24.1 Å². The van der Waals surface area contributed by atoms with Gasteiger partial charge in [-0.1, -0.05) is 30.7 Å². The molecule has 1 saturated heterocycles. The first-order valence-electron chi connectivity index (χ1n) is 9.78. The van der Waals surface area contributed by atoms with Crippen LogP contribution in [0.4, 0.5) is 5.95 Å². The summed E-state index contributed by atoms with van der Waals surface area (Å²) in [6, 6.07) is 7.16. The number of hydrogen-bond acceptors (Lipinski definition) is 5. The van der Waals surface area contributed by atoms with Gasteiger partial charge in [0.1, 0.15) is 0 Å². The number of halogens is 1. The van der Waals surface area contributed by atoms with Gasteiger partial charge in [-0.15, -0.1) is 0 Å². The van der Waals surface area contributed by atoms with Crippen molar-refractivity contribution in [3.8, 4) is 0 Å². The van der Waals surface area contributed by atoms with E-state index < -0.39 is 0 Å². The molecule has 0 amide bonds. The zero-order chi connectivity index (χ0) is 20.5. The van der Waals surface area contributed by atoms with Crippen LogP contribution in [-0.4, -0.2) is 45.0 Å². The molecule has 0 N–H and O–H groups in total. The van der Waals surface area contributed by atoms with Gasteiger partial charge in [-0.25, -0.2) is 4.79 Å². The van der Waals surface area contributed by atoms with E-state index >= 15 is 0 Å². The van der Waals surface area contributed by atoms with Crippen molar-refractivity contribution in [2.45, 2.75) is 26.4 Å². The second kappa shape index (κ2) is 8.04. The highest BCUT2D eigenvalue weighted by atomic mass is 35.5. The molecule has 0 aliphatic carbocycles. The maximum absolute atomic E-state index is 13.3.